The lowest BCUT2D eigenvalue weighted by Crippen LogP contribution is -2.55. The summed E-state index contributed by atoms with van der Waals surface area (Å²) >= 11 is 0. The highest BCUT2D eigenvalue weighted by atomic mass is 19.1. The molecular formula is C35H34F2N2O3. The van der Waals surface area contributed by atoms with E-state index in [1.165, 1.54) is 24.3 Å². The Bertz CT molecular complexity index is 1540. The summed E-state index contributed by atoms with van der Waals surface area (Å²) in [6.45, 7) is 4.17. The number of aliphatic hydroxyl groups is 1. The number of nitrogens with one attached hydrogen (secondary N) is 1. The van der Waals surface area contributed by atoms with Gasteiger partial charge in [-0.15, -0.1) is 0 Å². The third kappa shape index (κ3) is 6.42. The molecule has 0 radical (unpaired) electrons. The van der Waals surface area contributed by atoms with Gasteiger partial charge < -0.3 is 15.3 Å². The number of nitrogens with zero attached hydrogens (tertiary/aromatic N) is 1. The summed E-state index contributed by atoms with van der Waals surface area (Å²) in [5.41, 5.74) is 5.16. The Morgan fingerprint density at radius 2 is 1.52 bits per heavy atom. The van der Waals surface area contributed by atoms with E-state index >= 15 is 0 Å². The van der Waals surface area contributed by atoms with E-state index < -0.39 is 6.10 Å². The Morgan fingerprint density at radius 1 is 0.881 bits per heavy atom. The number of carbonyl (C=O) groups excluding carboxylic acids is 2. The number of amides is 2. The van der Waals surface area contributed by atoms with Gasteiger partial charge in [0.1, 0.15) is 11.6 Å². The maximum absolute atomic E-state index is 13.6. The smallest absolute Gasteiger partial charge is 0.233 e. The van der Waals surface area contributed by atoms with E-state index in [9.17, 15) is 23.5 Å². The summed E-state index contributed by atoms with van der Waals surface area (Å²) in [6.07, 6.45) is -0.0430. The van der Waals surface area contributed by atoms with Gasteiger partial charge in [-0.25, -0.2) is 8.78 Å². The Kier molecular flexibility index (Phi) is 8.78. The molecule has 7 heteroatoms. The normalized spacial score (nSPS) is 17.2. The second-order valence-corrected chi connectivity index (χ2v) is 11.1. The van der Waals surface area contributed by atoms with Crippen molar-refractivity contribution in [1.82, 2.24) is 5.32 Å². The molecule has 0 aromatic heterocycles. The van der Waals surface area contributed by atoms with Crippen LogP contribution in [-0.4, -0.2) is 16.9 Å². The fraction of sp³-hybridized carbons (Fsp3) is 0.257. The van der Waals surface area contributed by atoms with Crippen LogP contribution in [0, 0.1) is 23.5 Å². The van der Waals surface area contributed by atoms with Crippen LogP contribution in [0.3, 0.4) is 0 Å². The molecule has 42 heavy (non-hydrogen) atoms. The molecule has 1 aliphatic heterocycles. The van der Waals surface area contributed by atoms with Crippen molar-refractivity contribution in [1.29, 1.82) is 0 Å². The number of benzene rings is 4. The lowest BCUT2D eigenvalue weighted by molar-refractivity contribution is -0.131. The molecule has 3 atom stereocenters. The summed E-state index contributed by atoms with van der Waals surface area (Å²) in [6, 6.07) is 27.3. The van der Waals surface area contributed by atoms with Crippen LogP contribution in [0.2, 0.25) is 0 Å². The van der Waals surface area contributed by atoms with Crippen molar-refractivity contribution in [3.63, 3.8) is 0 Å². The molecule has 2 amide bonds. The first-order valence-electron chi connectivity index (χ1n) is 14.2. The van der Waals surface area contributed by atoms with Gasteiger partial charge in [-0.05, 0) is 83.1 Å². The van der Waals surface area contributed by atoms with Crippen LogP contribution in [0.4, 0.5) is 14.5 Å². The molecule has 0 bridgehead atoms. The van der Waals surface area contributed by atoms with Gasteiger partial charge >= 0.3 is 0 Å². The molecule has 1 aliphatic rings. The first-order chi connectivity index (χ1) is 20.2. The van der Waals surface area contributed by atoms with E-state index in [4.69, 9.17) is 0 Å². The van der Waals surface area contributed by atoms with Crippen LogP contribution in [0.25, 0.3) is 11.1 Å². The highest BCUT2D eigenvalue weighted by Gasteiger charge is 2.48. The fourth-order valence-electron chi connectivity index (χ4n) is 5.42. The molecule has 5 rings (SSSR count). The molecule has 1 heterocycles. The molecule has 216 valence electrons. The van der Waals surface area contributed by atoms with Crippen LogP contribution in [0.15, 0.2) is 97.1 Å². The number of β-lactam (4-membered cyclic amide) rings is 1. The van der Waals surface area contributed by atoms with Crippen molar-refractivity contribution in [3.05, 3.63) is 125 Å². The van der Waals surface area contributed by atoms with Crippen LogP contribution in [0.1, 0.15) is 55.5 Å². The molecule has 2 N–H and O–H groups in total. The van der Waals surface area contributed by atoms with Crippen LogP contribution in [0.5, 0.6) is 0 Å². The van der Waals surface area contributed by atoms with E-state index in [1.54, 1.807) is 29.2 Å². The number of hydrogen-bond donors (Lipinski definition) is 2. The summed E-state index contributed by atoms with van der Waals surface area (Å²) in [5.74, 6) is -1.28. The van der Waals surface area contributed by atoms with Gasteiger partial charge in [-0.2, -0.15) is 0 Å². The quantitative estimate of drug-likeness (QED) is 0.200. The molecule has 5 nitrogen and oxygen atoms in total. The molecule has 4 aromatic carbocycles. The standard InChI is InChI=1S/C35H34F2N2O3/c1-22(2)34(41)38-21-23-4-3-5-27(20-23)24-6-8-26(9-7-24)33-31(18-19-32(40)25-10-12-28(36)13-11-25)35(42)39(33)30-16-14-29(37)15-17-30/h3-17,20,22,31-33,40H,18-19,21H2,1-2H3,(H,38,41)/t31-,32+,33-/m1/s1. The molecule has 0 saturated carbocycles. The van der Waals surface area contributed by atoms with Crippen LogP contribution >= 0.6 is 0 Å². The summed E-state index contributed by atoms with van der Waals surface area (Å²) in [5, 5.41) is 13.7. The van der Waals surface area contributed by atoms with E-state index in [0.717, 1.165) is 22.3 Å². The van der Waals surface area contributed by atoms with Gasteiger partial charge in [-0.1, -0.05) is 68.4 Å². The zero-order valence-electron chi connectivity index (χ0n) is 23.6. The minimum absolute atomic E-state index is 0.00486. The molecule has 0 aliphatic carbocycles. The molecular weight excluding hydrogens is 534 g/mol. The van der Waals surface area contributed by atoms with Gasteiger partial charge in [0.15, 0.2) is 0 Å². The number of carbonyl (C=O) groups is 2. The average Bonchev–Trinajstić information content (AvgIpc) is 3.00. The number of hydrogen-bond acceptors (Lipinski definition) is 3. The average molecular weight is 569 g/mol. The maximum atomic E-state index is 13.6. The number of halogens is 2. The predicted octanol–water partition coefficient (Wildman–Crippen LogP) is 7.12. The summed E-state index contributed by atoms with van der Waals surface area (Å²) in [4.78, 5) is 27.0. The van der Waals surface area contributed by atoms with Gasteiger partial charge in [0.25, 0.3) is 0 Å². The Labute approximate surface area is 244 Å². The Hall–Kier alpha value is -4.36. The fourth-order valence-corrected chi connectivity index (χ4v) is 5.42. The predicted molar refractivity (Wildman–Crippen MR) is 159 cm³/mol. The molecule has 4 aromatic rings. The minimum atomic E-state index is -0.820. The maximum Gasteiger partial charge on any atom is 0.233 e. The molecule has 1 fully saturated rings. The zero-order chi connectivity index (χ0) is 29.8. The molecule has 0 spiro atoms. The number of aliphatic hydroxyl groups excluding tert-OH is 1. The summed E-state index contributed by atoms with van der Waals surface area (Å²) < 4.78 is 27.0. The van der Waals surface area contributed by atoms with Crippen LogP contribution in [-0.2, 0) is 16.1 Å². The first kappa shape index (κ1) is 29.1. The minimum Gasteiger partial charge on any atom is -0.388 e. The van der Waals surface area contributed by atoms with Crippen LogP contribution < -0.4 is 10.2 Å². The van der Waals surface area contributed by atoms with Crippen molar-refractivity contribution in [2.75, 3.05) is 4.90 Å². The number of anilines is 1. The van der Waals surface area contributed by atoms with Crippen molar-refractivity contribution in [3.8, 4) is 11.1 Å². The Morgan fingerprint density at radius 3 is 2.17 bits per heavy atom. The Balaban J connectivity index is 1.35. The first-order valence-corrected chi connectivity index (χ1v) is 14.2. The van der Waals surface area contributed by atoms with Crippen molar-refractivity contribution < 1.29 is 23.5 Å². The van der Waals surface area contributed by atoms with Gasteiger partial charge in [0.2, 0.25) is 11.8 Å². The van der Waals surface area contributed by atoms with Gasteiger partial charge in [0, 0.05) is 18.2 Å². The van der Waals surface area contributed by atoms with E-state index in [2.05, 4.69) is 5.32 Å². The topological polar surface area (TPSA) is 69.6 Å². The summed E-state index contributed by atoms with van der Waals surface area (Å²) in [7, 11) is 0. The van der Waals surface area contributed by atoms with E-state index in [1.807, 2.05) is 62.4 Å². The largest absolute Gasteiger partial charge is 0.388 e. The third-order valence-electron chi connectivity index (χ3n) is 7.83. The third-order valence-corrected chi connectivity index (χ3v) is 7.83. The second kappa shape index (κ2) is 12.7. The lowest BCUT2D eigenvalue weighted by Gasteiger charge is -2.48. The van der Waals surface area contributed by atoms with Crippen molar-refractivity contribution in [2.45, 2.75) is 45.4 Å². The highest BCUT2D eigenvalue weighted by Crippen LogP contribution is 2.46. The molecule has 1 saturated heterocycles. The van der Waals surface area contributed by atoms with E-state index in [0.29, 0.717) is 30.6 Å². The second-order valence-electron chi connectivity index (χ2n) is 11.1. The monoisotopic (exact) mass is 568 g/mol. The zero-order valence-corrected chi connectivity index (χ0v) is 23.6. The van der Waals surface area contributed by atoms with Gasteiger partial charge in [0.05, 0.1) is 18.1 Å². The molecule has 0 unspecified atom stereocenters. The lowest BCUT2D eigenvalue weighted by atomic mass is 9.78. The van der Waals surface area contributed by atoms with Crippen molar-refractivity contribution >= 4 is 17.5 Å². The van der Waals surface area contributed by atoms with E-state index in [-0.39, 0.29) is 41.3 Å². The number of rotatable bonds is 10. The van der Waals surface area contributed by atoms with Gasteiger partial charge in [-0.3, -0.25) is 9.59 Å². The highest BCUT2D eigenvalue weighted by molar-refractivity contribution is 6.03. The SMILES string of the molecule is CC(C)C(=O)NCc1cccc(-c2ccc([C@@H]3[C@@H](CC[C@H](O)c4ccc(F)cc4)C(=O)N3c3ccc(F)cc3)cc2)c1. The van der Waals surface area contributed by atoms with Crippen molar-refractivity contribution in [2.24, 2.45) is 11.8 Å².